The van der Waals surface area contributed by atoms with Gasteiger partial charge in [0.25, 0.3) is 0 Å². The minimum atomic E-state index is -3.27. The highest BCUT2D eigenvalue weighted by molar-refractivity contribution is 7.88. The first-order valence-electron chi connectivity index (χ1n) is 16.5. The minimum absolute atomic E-state index is 0.0680. The molecule has 1 aliphatic rings. The summed E-state index contributed by atoms with van der Waals surface area (Å²) in [5.41, 5.74) is 11.4. The van der Waals surface area contributed by atoms with Crippen molar-refractivity contribution in [1.82, 2.24) is 4.72 Å². The Balaban J connectivity index is 1.79. The van der Waals surface area contributed by atoms with E-state index in [0.29, 0.717) is 60.6 Å². The maximum atomic E-state index is 14.2. The first kappa shape index (κ1) is 36.6. The molecule has 0 saturated heterocycles. The van der Waals surface area contributed by atoms with Gasteiger partial charge in [0.05, 0.1) is 17.7 Å². The smallest absolute Gasteiger partial charge is 0.208 e. The molecular formula is C39H49N3O5S. The average molecular weight is 672 g/mol. The SMILES string of the molecule is CCc1c(C)c(CC2=CC(=Nc3ccc(N(CC)CCNS(C)(=O)=O)cc3C)C(C)=C(Cc3cc(C)cc(C)c3O)C2=O)cc(C)c1O. The molecule has 3 aromatic carbocycles. The summed E-state index contributed by atoms with van der Waals surface area (Å²) in [6.45, 7) is 17.2. The average Bonchev–Trinajstić information content (AvgIpc) is 3.01. The summed E-state index contributed by atoms with van der Waals surface area (Å²) in [4.78, 5) is 21.5. The second kappa shape index (κ2) is 14.9. The Morgan fingerprint density at radius 1 is 0.854 bits per heavy atom. The van der Waals surface area contributed by atoms with E-state index in [1.54, 1.807) is 0 Å². The number of hydrogen-bond donors (Lipinski definition) is 3. The maximum Gasteiger partial charge on any atom is 0.208 e. The molecule has 1 aliphatic carbocycles. The number of hydrogen-bond acceptors (Lipinski definition) is 7. The Hall–Kier alpha value is -4.21. The topological polar surface area (TPSA) is 119 Å². The van der Waals surface area contributed by atoms with Crippen LogP contribution in [0, 0.1) is 34.6 Å². The minimum Gasteiger partial charge on any atom is -0.507 e. The highest BCUT2D eigenvalue weighted by Crippen LogP contribution is 2.35. The van der Waals surface area contributed by atoms with E-state index in [9.17, 15) is 23.4 Å². The fourth-order valence-corrected chi connectivity index (χ4v) is 6.95. The van der Waals surface area contributed by atoms with Gasteiger partial charge in [-0.1, -0.05) is 30.7 Å². The third kappa shape index (κ3) is 8.25. The lowest BCUT2D eigenvalue weighted by molar-refractivity contribution is -0.112. The van der Waals surface area contributed by atoms with E-state index < -0.39 is 10.0 Å². The number of aryl methyl sites for hydroxylation is 4. The number of benzene rings is 3. The first-order valence-corrected chi connectivity index (χ1v) is 18.4. The Labute approximate surface area is 286 Å². The van der Waals surface area contributed by atoms with Gasteiger partial charge in [0.1, 0.15) is 11.5 Å². The van der Waals surface area contributed by atoms with Gasteiger partial charge in [-0.2, -0.15) is 0 Å². The predicted octanol–water partition coefficient (Wildman–Crippen LogP) is 6.96. The molecule has 0 spiro atoms. The van der Waals surface area contributed by atoms with Gasteiger partial charge in [-0.25, -0.2) is 18.1 Å². The van der Waals surface area contributed by atoms with E-state index in [2.05, 4.69) is 9.62 Å². The summed E-state index contributed by atoms with van der Waals surface area (Å²) in [5.74, 6) is 0.431. The van der Waals surface area contributed by atoms with Crippen molar-refractivity contribution < 1.29 is 23.4 Å². The number of rotatable bonds is 12. The number of aliphatic imine (C=N–C) groups is 1. The van der Waals surface area contributed by atoms with Gasteiger partial charge < -0.3 is 15.1 Å². The number of carbonyl (C=O) groups excluding carboxylic acids is 1. The molecule has 3 aromatic rings. The fourth-order valence-electron chi connectivity index (χ4n) is 6.49. The fraction of sp³-hybridized carbons (Fsp3) is 0.385. The van der Waals surface area contributed by atoms with Crippen LogP contribution in [0.5, 0.6) is 11.5 Å². The van der Waals surface area contributed by atoms with Gasteiger partial charge in [-0.05, 0) is 124 Å². The summed E-state index contributed by atoms with van der Waals surface area (Å²) in [6, 6.07) is 11.8. The molecule has 48 heavy (non-hydrogen) atoms. The maximum absolute atomic E-state index is 14.2. The summed E-state index contributed by atoms with van der Waals surface area (Å²) < 4.78 is 25.6. The van der Waals surface area contributed by atoms with E-state index in [-0.39, 0.29) is 18.0 Å². The van der Waals surface area contributed by atoms with Crippen LogP contribution in [0.2, 0.25) is 0 Å². The number of phenols is 2. The highest BCUT2D eigenvalue weighted by atomic mass is 32.2. The second-order valence-corrected chi connectivity index (χ2v) is 14.8. The third-order valence-corrected chi connectivity index (χ3v) is 9.97. The lowest BCUT2D eigenvalue weighted by atomic mass is 9.82. The van der Waals surface area contributed by atoms with E-state index in [1.807, 2.05) is 97.9 Å². The Morgan fingerprint density at radius 2 is 1.54 bits per heavy atom. The lowest BCUT2D eigenvalue weighted by Crippen LogP contribution is -2.34. The number of Topliss-reactive ketones (excluding diaryl/α,β-unsaturated/α-hetero) is 1. The molecule has 0 radical (unpaired) electrons. The largest absolute Gasteiger partial charge is 0.507 e. The molecule has 0 heterocycles. The number of anilines is 1. The van der Waals surface area contributed by atoms with Crippen molar-refractivity contribution in [2.24, 2.45) is 4.99 Å². The van der Waals surface area contributed by atoms with Gasteiger partial charge in [0.15, 0.2) is 5.78 Å². The monoisotopic (exact) mass is 671 g/mol. The van der Waals surface area contributed by atoms with E-state index in [4.69, 9.17) is 4.99 Å². The Morgan fingerprint density at radius 3 is 2.17 bits per heavy atom. The molecule has 256 valence electrons. The zero-order valence-corrected chi connectivity index (χ0v) is 30.5. The van der Waals surface area contributed by atoms with Crippen LogP contribution in [0.4, 0.5) is 11.4 Å². The molecule has 0 atom stereocenters. The molecule has 9 heteroatoms. The van der Waals surface area contributed by atoms with E-state index >= 15 is 0 Å². The van der Waals surface area contributed by atoms with E-state index in [1.165, 1.54) is 0 Å². The quantitative estimate of drug-likeness (QED) is 0.179. The van der Waals surface area contributed by atoms with Crippen LogP contribution in [-0.2, 0) is 34.1 Å². The van der Waals surface area contributed by atoms with Crippen LogP contribution in [0.25, 0.3) is 0 Å². The molecule has 0 aromatic heterocycles. The van der Waals surface area contributed by atoms with Crippen molar-refractivity contribution in [2.75, 3.05) is 30.8 Å². The second-order valence-electron chi connectivity index (χ2n) is 12.9. The lowest BCUT2D eigenvalue weighted by Gasteiger charge is -2.24. The van der Waals surface area contributed by atoms with Crippen molar-refractivity contribution in [3.05, 3.63) is 104 Å². The number of nitrogens with one attached hydrogen (secondary N) is 1. The number of ketones is 1. The number of carbonyl (C=O) groups is 1. The number of nitrogens with zero attached hydrogens (tertiary/aromatic N) is 2. The predicted molar refractivity (Wildman–Crippen MR) is 197 cm³/mol. The zero-order chi connectivity index (χ0) is 35.5. The van der Waals surface area contributed by atoms with Gasteiger partial charge in [-0.15, -0.1) is 0 Å². The highest BCUT2D eigenvalue weighted by Gasteiger charge is 2.27. The molecule has 4 rings (SSSR count). The molecule has 0 unspecified atom stereocenters. The summed E-state index contributed by atoms with van der Waals surface area (Å²) in [7, 11) is -3.27. The molecular weight excluding hydrogens is 623 g/mol. The standard InChI is InChI=1S/C39H49N3O5S/c1-10-33-27(7)29(18-26(6)38(33)44)20-31-22-36(28(8)34(39(31)45)21-30-17-23(3)16-25(5)37(30)43)41-35-13-12-32(19-24(35)4)42(11-2)15-14-40-48(9,46)47/h12-13,16-19,22,40,43-44H,10-11,14-15,20-21H2,1-9H3. The van der Waals surface area contributed by atoms with Crippen LogP contribution >= 0.6 is 0 Å². The van der Waals surface area contributed by atoms with Crippen LogP contribution < -0.4 is 9.62 Å². The van der Waals surface area contributed by atoms with Gasteiger partial charge in [-0.3, -0.25) is 4.79 Å². The van der Waals surface area contributed by atoms with Gasteiger partial charge in [0, 0.05) is 49.3 Å². The number of phenolic OH excluding ortho intramolecular Hbond substituents is 2. The molecule has 0 amide bonds. The molecule has 0 aliphatic heterocycles. The number of aromatic hydroxyl groups is 2. The van der Waals surface area contributed by atoms with Crippen molar-refractivity contribution in [3.63, 3.8) is 0 Å². The van der Waals surface area contributed by atoms with Crippen molar-refractivity contribution in [2.45, 2.75) is 74.7 Å². The molecule has 3 N–H and O–H groups in total. The number of likely N-dealkylation sites (N-methyl/N-ethyl adjacent to an activating group) is 1. The summed E-state index contributed by atoms with van der Waals surface area (Å²) >= 11 is 0. The van der Waals surface area contributed by atoms with Crippen LogP contribution in [0.15, 0.2) is 64.2 Å². The molecule has 8 nitrogen and oxygen atoms in total. The molecule has 0 fully saturated rings. The summed E-state index contributed by atoms with van der Waals surface area (Å²) in [5, 5.41) is 21.6. The van der Waals surface area contributed by atoms with Crippen molar-refractivity contribution in [3.8, 4) is 11.5 Å². The molecule has 0 bridgehead atoms. The Bertz CT molecular complexity index is 1950. The van der Waals surface area contributed by atoms with Crippen LogP contribution in [-0.4, -0.2) is 56.0 Å². The number of allylic oxidation sites excluding steroid dienone is 4. The van der Waals surface area contributed by atoms with Crippen molar-refractivity contribution in [1.29, 1.82) is 0 Å². The van der Waals surface area contributed by atoms with Crippen LogP contribution in [0.3, 0.4) is 0 Å². The van der Waals surface area contributed by atoms with Gasteiger partial charge >= 0.3 is 0 Å². The summed E-state index contributed by atoms with van der Waals surface area (Å²) in [6.07, 6.45) is 4.38. The van der Waals surface area contributed by atoms with Crippen LogP contribution in [0.1, 0.15) is 65.3 Å². The normalized spacial score (nSPS) is 14.6. The number of sulfonamides is 1. The van der Waals surface area contributed by atoms with E-state index in [0.717, 1.165) is 62.1 Å². The zero-order valence-electron chi connectivity index (χ0n) is 29.7. The third-order valence-electron chi connectivity index (χ3n) is 9.24. The van der Waals surface area contributed by atoms with Gasteiger partial charge in [0.2, 0.25) is 10.0 Å². The first-order chi connectivity index (χ1) is 22.5. The van der Waals surface area contributed by atoms with Crippen molar-refractivity contribution >= 4 is 32.9 Å². The Kier molecular flexibility index (Phi) is 11.4. The molecule has 0 saturated carbocycles.